The quantitative estimate of drug-likeness (QED) is 0.869. The Bertz CT molecular complexity index is 696. The van der Waals surface area contributed by atoms with Crippen molar-refractivity contribution < 1.29 is 12.8 Å². The summed E-state index contributed by atoms with van der Waals surface area (Å²) in [6.07, 6.45) is 2.86. The SMILES string of the molecule is Cn1cc(NS(=O)(=O)c2cccc(F)c2CN)cn1. The first kappa shape index (κ1) is 13.5. The number of benzene rings is 1. The Balaban J connectivity index is 2.42. The predicted octanol–water partition coefficient (Wildman–Crippen LogP) is 0.819. The molecule has 0 atom stereocenters. The van der Waals surface area contributed by atoms with Crippen molar-refractivity contribution in [1.82, 2.24) is 9.78 Å². The van der Waals surface area contributed by atoms with Crippen LogP contribution < -0.4 is 10.5 Å². The molecule has 0 bridgehead atoms. The van der Waals surface area contributed by atoms with Crippen LogP contribution in [-0.4, -0.2) is 18.2 Å². The van der Waals surface area contributed by atoms with Crippen LogP contribution in [0.2, 0.25) is 0 Å². The van der Waals surface area contributed by atoms with Crippen LogP contribution in [0.25, 0.3) is 0 Å². The van der Waals surface area contributed by atoms with Crippen LogP contribution in [0.5, 0.6) is 0 Å². The van der Waals surface area contributed by atoms with Gasteiger partial charge in [-0.15, -0.1) is 0 Å². The van der Waals surface area contributed by atoms with Crippen molar-refractivity contribution in [2.75, 3.05) is 4.72 Å². The van der Waals surface area contributed by atoms with Gasteiger partial charge < -0.3 is 5.73 Å². The van der Waals surface area contributed by atoms with Crippen LogP contribution in [0.15, 0.2) is 35.5 Å². The van der Waals surface area contributed by atoms with Gasteiger partial charge >= 0.3 is 0 Å². The lowest BCUT2D eigenvalue weighted by atomic mass is 10.2. The standard InChI is InChI=1S/C11H13FN4O2S/c1-16-7-8(6-14-16)15-19(17,18)11-4-2-3-10(12)9(11)5-13/h2-4,6-7,15H,5,13H2,1H3. The van der Waals surface area contributed by atoms with Crippen LogP contribution in [0.3, 0.4) is 0 Å². The van der Waals surface area contributed by atoms with Crippen molar-refractivity contribution in [3.05, 3.63) is 42.0 Å². The minimum atomic E-state index is -3.89. The molecular formula is C11H13FN4O2S. The molecule has 102 valence electrons. The number of aryl methyl sites for hydroxylation is 1. The first-order chi connectivity index (χ1) is 8.94. The lowest BCUT2D eigenvalue weighted by Crippen LogP contribution is -2.17. The number of anilines is 1. The normalized spacial score (nSPS) is 11.5. The van der Waals surface area contributed by atoms with E-state index in [1.165, 1.54) is 35.3 Å². The van der Waals surface area contributed by atoms with Crippen LogP contribution >= 0.6 is 0 Å². The van der Waals surface area contributed by atoms with Crippen LogP contribution in [0.4, 0.5) is 10.1 Å². The van der Waals surface area contributed by atoms with Crippen molar-refractivity contribution in [2.45, 2.75) is 11.4 Å². The highest BCUT2D eigenvalue weighted by Crippen LogP contribution is 2.21. The molecule has 0 spiro atoms. The number of hydrogen-bond acceptors (Lipinski definition) is 4. The molecule has 0 saturated carbocycles. The second-order valence-corrected chi connectivity index (χ2v) is 5.58. The number of rotatable bonds is 4. The molecule has 0 aliphatic carbocycles. The maximum atomic E-state index is 13.5. The van der Waals surface area contributed by atoms with Gasteiger partial charge in [0.05, 0.1) is 16.8 Å². The van der Waals surface area contributed by atoms with Crippen molar-refractivity contribution in [1.29, 1.82) is 0 Å². The molecule has 0 unspecified atom stereocenters. The van der Waals surface area contributed by atoms with Crippen molar-refractivity contribution in [3.63, 3.8) is 0 Å². The molecular weight excluding hydrogens is 271 g/mol. The largest absolute Gasteiger partial charge is 0.326 e. The molecule has 3 N–H and O–H groups in total. The van der Waals surface area contributed by atoms with E-state index in [0.29, 0.717) is 5.69 Å². The minimum absolute atomic E-state index is 0.0427. The summed E-state index contributed by atoms with van der Waals surface area (Å²) in [5.74, 6) is -0.642. The third-order valence-electron chi connectivity index (χ3n) is 2.53. The smallest absolute Gasteiger partial charge is 0.262 e. The van der Waals surface area contributed by atoms with Crippen molar-refractivity contribution >= 4 is 15.7 Å². The monoisotopic (exact) mass is 284 g/mol. The van der Waals surface area contributed by atoms with E-state index < -0.39 is 15.8 Å². The van der Waals surface area contributed by atoms with Gasteiger partial charge in [0.15, 0.2) is 0 Å². The number of halogens is 1. The molecule has 2 rings (SSSR count). The van der Waals surface area contributed by atoms with E-state index in [4.69, 9.17) is 5.73 Å². The summed E-state index contributed by atoms with van der Waals surface area (Å²) in [7, 11) is -2.23. The maximum absolute atomic E-state index is 13.5. The third kappa shape index (κ3) is 2.74. The van der Waals surface area contributed by atoms with Gasteiger partial charge in [-0.2, -0.15) is 5.10 Å². The summed E-state index contributed by atoms with van der Waals surface area (Å²) < 4.78 is 41.7. The molecule has 1 heterocycles. The van der Waals surface area contributed by atoms with E-state index in [0.717, 1.165) is 0 Å². The molecule has 6 nitrogen and oxygen atoms in total. The van der Waals surface area contributed by atoms with Crippen LogP contribution in [0, 0.1) is 5.82 Å². The zero-order valence-electron chi connectivity index (χ0n) is 10.2. The van der Waals surface area contributed by atoms with Gasteiger partial charge in [0, 0.05) is 25.4 Å². The van der Waals surface area contributed by atoms with Gasteiger partial charge in [-0.05, 0) is 12.1 Å². The molecule has 0 fully saturated rings. The number of nitrogens with one attached hydrogen (secondary N) is 1. The highest BCUT2D eigenvalue weighted by atomic mass is 32.2. The number of aromatic nitrogens is 2. The van der Waals surface area contributed by atoms with Gasteiger partial charge in [-0.25, -0.2) is 12.8 Å². The van der Waals surface area contributed by atoms with Crippen molar-refractivity contribution in [3.8, 4) is 0 Å². The summed E-state index contributed by atoms with van der Waals surface area (Å²) in [5.41, 5.74) is 5.65. The summed E-state index contributed by atoms with van der Waals surface area (Å²) in [6, 6.07) is 3.81. The van der Waals surface area contributed by atoms with Gasteiger partial charge in [-0.1, -0.05) is 6.07 Å². The van der Waals surface area contributed by atoms with Gasteiger partial charge in [0.1, 0.15) is 5.82 Å². The van der Waals surface area contributed by atoms with E-state index in [1.54, 1.807) is 7.05 Å². The van der Waals surface area contributed by atoms with E-state index in [1.807, 2.05) is 0 Å². The van der Waals surface area contributed by atoms with E-state index >= 15 is 0 Å². The lowest BCUT2D eigenvalue weighted by Gasteiger charge is -2.10. The van der Waals surface area contributed by atoms with E-state index in [2.05, 4.69) is 9.82 Å². The number of sulfonamides is 1. The number of nitrogens with zero attached hydrogens (tertiary/aromatic N) is 2. The molecule has 0 aliphatic rings. The van der Waals surface area contributed by atoms with E-state index in [9.17, 15) is 12.8 Å². The Morgan fingerprint density at radius 1 is 1.47 bits per heavy atom. The van der Waals surface area contributed by atoms with Gasteiger partial charge in [0.2, 0.25) is 0 Å². The Morgan fingerprint density at radius 3 is 2.79 bits per heavy atom. The molecule has 1 aromatic heterocycles. The molecule has 2 aromatic rings. The fourth-order valence-electron chi connectivity index (χ4n) is 1.67. The molecule has 8 heteroatoms. The topological polar surface area (TPSA) is 90.0 Å². The molecule has 0 aliphatic heterocycles. The fourth-order valence-corrected chi connectivity index (χ4v) is 2.96. The summed E-state index contributed by atoms with van der Waals surface area (Å²) in [5, 5.41) is 3.85. The first-order valence-corrected chi connectivity index (χ1v) is 6.91. The molecule has 1 aromatic carbocycles. The lowest BCUT2D eigenvalue weighted by molar-refractivity contribution is 0.585. The molecule has 0 amide bonds. The Kier molecular flexibility index (Phi) is 3.54. The summed E-state index contributed by atoms with van der Waals surface area (Å²) in [6.45, 7) is -0.198. The predicted molar refractivity (Wildman–Crippen MR) is 68.3 cm³/mol. The Labute approximate surface area is 110 Å². The second kappa shape index (κ2) is 4.98. The molecule has 0 radical (unpaired) electrons. The summed E-state index contributed by atoms with van der Waals surface area (Å²) >= 11 is 0. The average molecular weight is 284 g/mol. The minimum Gasteiger partial charge on any atom is -0.326 e. The Morgan fingerprint density at radius 2 is 2.21 bits per heavy atom. The molecule has 0 saturated heterocycles. The first-order valence-electron chi connectivity index (χ1n) is 5.43. The number of nitrogens with two attached hydrogens (primary N) is 1. The fraction of sp³-hybridized carbons (Fsp3) is 0.182. The zero-order chi connectivity index (χ0) is 14.0. The number of hydrogen-bond donors (Lipinski definition) is 2. The van der Waals surface area contributed by atoms with Crippen molar-refractivity contribution in [2.24, 2.45) is 12.8 Å². The van der Waals surface area contributed by atoms with E-state index in [-0.39, 0.29) is 17.0 Å². The zero-order valence-corrected chi connectivity index (χ0v) is 11.0. The third-order valence-corrected chi connectivity index (χ3v) is 3.99. The molecule has 19 heavy (non-hydrogen) atoms. The van der Waals surface area contributed by atoms with Gasteiger partial charge in [-0.3, -0.25) is 9.40 Å². The Hall–Kier alpha value is -1.93. The average Bonchev–Trinajstić information content (AvgIpc) is 2.73. The highest BCUT2D eigenvalue weighted by Gasteiger charge is 2.20. The summed E-state index contributed by atoms with van der Waals surface area (Å²) in [4.78, 5) is -0.168. The van der Waals surface area contributed by atoms with Crippen LogP contribution in [-0.2, 0) is 23.6 Å². The second-order valence-electron chi connectivity index (χ2n) is 3.93. The van der Waals surface area contributed by atoms with Gasteiger partial charge in [0.25, 0.3) is 10.0 Å². The highest BCUT2D eigenvalue weighted by molar-refractivity contribution is 7.92. The maximum Gasteiger partial charge on any atom is 0.262 e. The van der Waals surface area contributed by atoms with Crippen LogP contribution in [0.1, 0.15) is 5.56 Å².